The topological polar surface area (TPSA) is 42.0 Å². The van der Waals surface area contributed by atoms with Crippen LogP contribution in [0.3, 0.4) is 0 Å². The predicted octanol–water partition coefficient (Wildman–Crippen LogP) is 5.28. The summed E-state index contributed by atoms with van der Waals surface area (Å²) in [6, 6.07) is 16.2. The number of nitrogens with one attached hydrogen (secondary N) is 1. The van der Waals surface area contributed by atoms with E-state index in [0.717, 1.165) is 32.7 Å². The van der Waals surface area contributed by atoms with Gasteiger partial charge in [0.1, 0.15) is 0 Å². The van der Waals surface area contributed by atoms with Gasteiger partial charge >= 0.3 is 0 Å². The van der Waals surface area contributed by atoms with Gasteiger partial charge in [0.15, 0.2) is 0 Å². The Hall–Kier alpha value is -2.33. The second-order valence-corrected chi connectivity index (χ2v) is 7.73. The first-order valence-corrected chi connectivity index (χ1v) is 9.23. The predicted molar refractivity (Wildman–Crippen MR) is 106 cm³/mol. The Kier molecular flexibility index (Phi) is 5.09. The number of anilines is 1. The summed E-state index contributed by atoms with van der Waals surface area (Å²) in [4.78, 5) is 17.2. The van der Waals surface area contributed by atoms with E-state index < -0.39 is 0 Å². The first kappa shape index (κ1) is 17.5. The highest BCUT2D eigenvalue weighted by Gasteiger charge is 2.17. The molecule has 0 saturated heterocycles. The van der Waals surface area contributed by atoms with Crippen LogP contribution < -0.4 is 5.32 Å². The number of fused-ring (bicyclic) bond motifs is 1. The van der Waals surface area contributed by atoms with Gasteiger partial charge in [-0.1, -0.05) is 53.7 Å². The highest BCUT2D eigenvalue weighted by atomic mass is 32.2. The van der Waals surface area contributed by atoms with E-state index in [4.69, 9.17) is 0 Å². The zero-order valence-electron chi connectivity index (χ0n) is 15.0. The normalized spacial score (nSPS) is 12.2. The van der Waals surface area contributed by atoms with Crippen molar-refractivity contribution < 1.29 is 4.79 Å². The number of amides is 1. The fourth-order valence-electron chi connectivity index (χ4n) is 2.95. The average molecular weight is 350 g/mol. The van der Waals surface area contributed by atoms with E-state index in [2.05, 4.69) is 29.4 Å². The van der Waals surface area contributed by atoms with Crippen molar-refractivity contribution in [2.24, 2.45) is 0 Å². The molecule has 4 heteroatoms. The number of hydrogen-bond acceptors (Lipinski definition) is 3. The third-order valence-corrected chi connectivity index (χ3v) is 5.20. The second kappa shape index (κ2) is 7.28. The maximum absolute atomic E-state index is 12.6. The number of rotatable bonds is 4. The Bertz CT molecular complexity index is 913. The smallest absolute Gasteiger partial charge is 0.237 e. The molecule has 128 valence electrons. The molecule has 2 aromatic carbocycles. The molecule has 3 aromatic rings. The third kappa shape index (κ3) is 4.02. The number of benzene rings is 2. The summed E-state index contributed by atoms with van der Waals surface area (Å²) in [5, 5.41) is 4.81. The van der Waals surface area contributed by atoms with E-state index in [1.165, 1.54) is 17.3 Å². The molecule has 0 saturated carbocycles. The molecule has 1 heterocycles. The number of para-hydroxylation sites is 1. The molecular weight excluding hydrogens is 328 g/mol. The number of pyridine rings is 1. The first-order chi connectivity index (χ1) is 11.9. The van der Waals surface area contributed by atoms with Crippen molar-refractivity contribution in [3.05, 3.63) is 65.2 Å². The van der Waals surface area contributed by atoms with Crippen LogP contribution in [-0.2, 0) is 4.79 Å². The Balaban J connectivity index is 1.74. The molecule has 0 aliphatic rings. The van der Waals surface area contributed by atoms with Crippen LogP contribution >= 0.6 is 11.8 Å². The maximum Gasteiger partial charge on any atom is 0.237 e. The molecule has 0 aliphatic heterocycles. The molecule has 25 heavy (non-hydrogen) atoms. The van der Waals surface area contributed by atoms with Gasteiger partial charge < -0.3 is 5.32 Å². The van der Waals surface area contributed by atoms with Gasteiger partial charge in [-0.15, -0.1) is 0 Å². The fraction of sp³-hybridized carbons (Fsp3) is 0.238. The largest absolute Gasteiger partial charge is 0.325 e. The zero-order valence-corrected chi connectivity index (χ0v) is 15.8. The molecule has 0 spiro atoms. The number of hydrogen-bond donors (Lipinski definition) is 1. The molecule has 0 unspecified atom stereocenters. The first-order valence-electron chi connectivity index (χ1n) is 8.35. The van der Waals surface area contributed by atoms with Crippen molar-refractivity contribution in [3.8, 4) is 0 Å². The lowest BCUT2D eigenvalue weighted by Crippen LogP contribution is -2.23. The van der Waals surface area contributed by atoms with Crippen LogP contribution in [0.5, 0.6) is 0 Å². The molecule has 0 bridgehead atoms. The number of aromatic nitrogens is 1. The summed E-state index contributed by atoms with van der Waals surface area (Å²) in [6.45, 7) is 8.03. The van der Waals surface area contributed by atoms with E-state index in [9.17, 15) is 4.79 Å². The minimum atomic E-state index is -0.228. The van der Waals surface area contributed by atoms with E-state index in [-0.39, 0.29) is 11.2 Å². The lowest BCUT2D eigenvalue weighted by molar-refractivity contribution is -0.115. The highest BCUT2D eigenvalue weighted by Crippen LogP contribution is 2.27. The monoisotopic (exact) mass is 350 g/mol. The molecule has 1 N–H and O–H groups in total. The van der Waals surface area contributed by atoms with E-state index in [0.29, 0.717) is 0 Å². The molecule has 1 amide bonds. The summed E-state index contributed by atoms with van der Waals surface area (Å²) < 4.78 is 0. The van der Waals surface area contributed by atoms with Gasteiger partial charge in [0.2, 0.25) is 5.91 Å². The lowest BCUT2D eigenvalue weighted by Gasteiger charge is -2.16. The van der Waals surface area contributed by atoms with Gasteiger partial charge in [0.25, 0.3) is 0 Å². The molecular formula is C21H22N2OS. The van der Waals surface area contributed by atoms with Crippen LogP contribution in [0, 0.1) is 20.8 Å². The number of carbonyl (C=O) groups is 1. The maximum atomic E-state index is 12.6. The van der Waals surface area contributed by atoms with Crippen molar-refractivity contribution in [2.45, 2.75) is 38.0 Å². The number of aryl methyl sites for hydroxylation is 3. The number of nitrogens with zero attached hydrogens (tertiary/aromatic N) is 1. The quantitative estimate of drug-likeness (QED) is 0.651. The second-order valence-electron chi connectivity index (χ2n) is 6.37. The summed E-state index contributed by atoms with van der Waals surface area (Å²) in [5.41, 5.74) is 5.24. The van der Waals surface area contributed by atoms with Crippen LogP contribution in [0.2, 0.25) is 0 Å². The molecule has 0 radical (unpaired) electrons. The molecule has 0 fully saturated rings. The third-order valence-electron chi connectivity index (χ3n) is 4.16. The van der Waals surface area contributed by atoms with Crippen LogP contribution in [0.25, 0.3) is 10.9 Å². The van der Waals surface area contributed by atoms with E-state index in [1.54, 1.807) is 0 Å². The van der Waals surface area contributed by atoms with Gasteiger partial charge in [-0.3, -0.25) is 4.79 Å². The molecule has 1 aromatic heterocycles. The molecule has 0 aliphatic carbocycles. The lowest BCUT2D eigenvalue weighted by atomic mass is 10.1. The SMILES string of the molecule is Cc1cc(C)c(NC(=O)[C@@H](C)Sc2ccc3ccccc3n2)c(C)c1. The summed E-state index contributed by atoms with van der Waals surface area (Å²) >= 11 is 1.48. The Morgan fingerprint density at radius 1 is 1.04 bits per heavy atom. The number of carbonyl (C=O) groups excluding carboxylic acids is 1. The van der Waals surface area contributed by atoms with Crippen LogP contribution in [0.4, 0.5) is 5.69 Å². The molecule has 1 atom stereocenters. The van der Waals surface area contributed by atoms with Gasteiger partial charge in [-0.05, 0) is 51.0 Å². The molecule has 3 nitrogen and oxygen atoms in total. The Labute approximate surface area is 152 Å². The minimum Gasteiger partial charge on any atom is -0.325 e. The zero-order chi connectivity index (χ0) is 18.0. The Morgan fingerprint density at radius 3 is 2.44 bits per heavy atom. The standard InChI is InChI=1S/C21H22N2OS/c1-13-11-14(2)20(15(3)12-13)23-21(24)16(4)25-19-10-9-17-7-5-6-8-18(17)22-19/h5-12,16H,1-4H3,(H,23,24)/t16-/m1/s1. The van der Waals surface area contributed by atoms with Crippen molar-refractivity contribution in [3.63, 3.8) is 0 Å². The summed E-state index contributed by atoms with van der Waals surface area (Å²) in [6.07, 6.45) is 0. The average Bonchev–Trinajstić information content (AvgIpc) is 2.57. The molecule has 3 rings (SSSR count). The van der Waals surface area contributed by atoms with Crippen molar-refractivity contribution in [1.82, 2.24) is 4.98 Å². The van der Waals surface area contributed by atoms with Gasteiger partial charge in [-0.2, -0.15) is 0 Å². The Morgan fingerprint density at radius 2 is 1.72 bits per heavy atom. The van der Waals surface area contributed by atoms with Crippen molar-refractivity contribution >= 4 is 34.3 Å². The van der Waals surface area contributed by atoms with Crippen LogP contribution in [-0.4, -0.2) is 16.1 Å². The number of thioether (sulfide) groups is 1. The minimum absolute atomic E-state index is 0.00462. The van der Waals surface area contributed by atoms with Crippen LogP contribution in [0.1, 0.15) is 23.6 Å². The fourth-order valence-corrected chi connectivity index (χ4v) is 3.78. The van der Waals surface area contributed by atoms with E-state index >= 15 is 0 Å². The summed E-state index contributed by atoms with van der Waals surface area (Å²) in [7, 11) is 0. The van der Waals surface area contributed by atoms with Crippen LogP contribution in [0.15, 0.2) is 53.6 Å². The van der Waals surface area contributed by atoms with Crippen molar-refractivity contribution in [2.75, 3.05) is 5.32 Å². The van der Waals surface area contributed by atoms with Gasteiger partial charge in [0.05, 0.1) is 15.8 Å². The van der Waals surface area contributed by atoms with Gasteiger partial charge in [-0.25, -0.2) is 4.98 Å². The van der Waals surface area contributed by atoms with E-state index in [1.807, 2.05) is 57.2 Å². The van der Waals surface area contributed by atoms with Crippen molar-refractivity contribution in [1.29, 1.82) is 0 Å². The van der Waals surface area contributed by atoms with Gasteiger partial charge in [0, 0.05) is 11.1 Å². The summed E-state index contributed by atoms with van der Waals surface area (Å²) in [5.74, 6) is -0.00462. The highest BCUT2D eigenvalue weighted by molar-refractivity contribution is 8.00.